The molecule has 0 radical (unpaired) electrons. The van der Waals surface area contributed by atoms with Crippen molar-refractivity contribution >= 4 is 45.0 Å². The van der Waals surface area contributed by atoms with Crippen LogP contribution in [0, 0.1) is 6.92 Å². The molecule has 0 saturated heterocycles. The second-order valence-corrected chi connectivity index (χ2v) is 6.23. The van der Waals surface area contributed by atoms with Crippen molar-refractivity contribution in [1.29, 1.82) is 0 Å². The molecule has 20 heavy (non-hydrogen) atoms. The minimum Gasteiger partial charge on any atom is -0.398 e. The predicted molar refractivity (Wildman–Crippen MR) is 89.1 cm³/mol. The van der Waals surface area contributed by atoms with Crippen molar-refractivity contribution in [2.75, 3.05) is 16.8 Å². The highest BCUT2D eigenvalue weighted by atomic mass is 79.9. The molecule has 2 aromatic rings. The van der Waals surface area contributed by atoms with Gasteiger partial charge in [-0.05, 0) is 52.7 Å². The van der Waals surface area contributed by atoms with E-state index in [1.54, 1.807) is 0 Å². The Labute approximate surface area is 131 Å². The summed E-state index contributed by atoms with van der Waals surface area (Å²) in [6, 6.07) is 13.3. The van der Waals surface area contributed by atoms with Crippen LogP contribution >= 0.6 is 27.7 Å². The first-order chi connectivity index (χ1) is 9.56. The van der Waals surface area contributed by atoms with Gasteiger partial charge in [0.15, 0.2) is 0 Å². The number of anilines is 2. The molecule has 0 unspecified atom stereocenters. The fourth-order valence-corrected chi connectivity index (χ4v) is 2.91. The number of carbonyl (C=O) groups is 1. The molecule has 1 amide bonds. The summed E-state index contributed by atoms with van der Waals surface area (Å²) in [5, 5.41) is 2.87. The van der Waals surface area contributed by atoms with Gasteiger partial charge in [-0.25, -0.2) is 0 Å². The second-order valence-electron chi connectivity index (χ2n) is 4.36. The first-order valence-corrected chi connectivity index (χ1v) is 7.87. The first-order valence-electron chi connectivity index (χ1n) is 6.09. The van der Waals surface area contributed by atoms with Gasteiger partial charge in [0, 0.05) is 15.1 Å². The van der Waals surface area contributed by atoms with Crippen LogP contribution in [0.3, 0.4) is 0 Å². The zero-order valence-corrected chi connectivity index (χ0v) is 13.4. The summed E-state index contributed by atoms with van der Waals surface area (Å²) in [7, 11) is 0. The van der Waals surface area contributed by atoms with E-state index in [2.05, 4.69) is 21.2 Å². The highest BCUT2D eigenvalue weighted by Gasteiger charge is 2.07. The molecular formula is C15H15BrN2OS. The Hall–Kier alpha value is -1.46. The van der Waals surface area contributed by atoms with E-state index in [1.807, 2.05) is 49.4 Å². The van der Waals surface area contributed by atoms with E-state index in [4.69, 9.17) is 5.73 Å². The van der Waals surface area contributed by atoms with Crippen molar-refractivity contribution < 1.29 is 4.79 Å². The highest BCUT2D eigenvalue weighted by Crippen LogP contribution is 2.27. The Bertz CT molecular complexity index is 631. The number of halogens is 1. The average molecular weight is 351 g/mol. The second kappa shape index (κ2) is 6.81. The third kappa shape index (κ3) is 4.02. The summed E-state index contributed by atoms with van der Waals surface area (Å²) in [4.78, 5) is 12.9. The largest absolute Gasteiger partial charge is 0.398 e. The maximum Gasteiger partial charge on any atom is 0.234 e. The van der Waals surface area contributed by atoms with Gasteiger partial charge in [-0.15, -0.1) is 11.8 Å². The molecule has 0 aliphatic rings. The molecule has 0 aliphatic heterocycles. The minimum atomic E-state index is -0.0530. The third-order valence-corrected chi connectivity index (χ3v) is 4.44. The third-order valence-electron chi connectivity index (χ3n) is 2.68. The molecule has 0 bridgehead atoms. The van der Waals surface area contributed by atoms with E-state index in [-0.39, 0.29) is 5.91 Å². The topological polar surface area (TPSA) is 55.1 Å². The van der Waals surface area contributed by atoms with Crippen LogP contribution in [0.2, 0.25) is 0 Å². The molecule has 3 nitrogen and oxygen atoms in total. The number of hydrogen-bond acceptors (Lipinski definition) is 3. The first kappa shape index (κ1) is 14.9. The molecule has 2 rings (SSSR count). The van der Waals surface area contributed by atoms with Crippen LogP contribution in [-0.4, -0.2) is 11.7 Å². The van der Waals surface area contributed by atoms with Crippen LogP contribution in [0.4, 0.5) is 11.4 Å². The lowest BCUT2D eigenvalue weighted by Gasteiger charge is -2.08. The summed E-state index contributed by atoms with van der Waals surface area (Å²) < 4.78 is 0.869. The van der Waals surface area contributed by atoms with E-state index in [0.717, 1.165) is 20.6 Å². The van der Waals surface area contributed by atoms with E-state index < -0.39 is 0 Å². The van der Waals surface area contributed by atoms with Crippen LogP contribution < -0.4 is 11.1 Å². The maximum absolute atomic E-state index is 11.9. The summed E-state index contributed by atoms with van der Waals surface area (Å²) >= 11 is 4.84. The van der Waals surface area contributed by atoms with Crippen molar-refractivity contribution in [2.45, 2.75) is 11.8 Å². The number of nitrogens with one attached hydrogen (secondary N) is 1. The number of rotatable bonds is 4. The monoisotopic (exact) mass is 350 g/mol. The number of thioether (sulfide) groups is 1. The van der Waals surface area contributed by atoms with Crippen LogP contribution in [0.5, 0.6) is 0 Å². The van der Waals surface area contributed by atoms with Crippen molar-refractivity contribution in [3.63, 3.8) is 0 Å². The van der Waals surface area contributed by atoms with Crippen molar-refractivity contribution in [1.82, 2.24) is 0 Å². The number of nitrogens with two attached hydrogens (primary N) is 1. The lowest BCUT2D eigenvalue weighted by atomic mass is 10.2. The van der Waals surface area contributed by atoms with Crippen molar-refractivity contribution in [3.05, 3.63) is 52.5 Å². The summed E-state index contributed by atoms with van der Waals surface area (Å²) in [5.74, 6) is 0.275. The van der Waals surface area contributed by atoms with Gasteiger partial charge >= 0.3 is 0 Å². The molecule has 0 fully saturated rings. The van der Waals surface area contributed by atoms with Gasteiger partial charge in [-0.2, -0.15) is 0 Å². The van der Waals surface area contributed by atoms with Crippen LogP contribution in [0.15, 0.2) is 51.8 Å². The Morgan fingerprint density at radius 1 is 1.30 bits per heavy atom. The van der Waals surface area contributed by atoms with Gasteiger partial charge in [0.05, 0.1) is 11.4 Å². The standard InChI is InChI=1S/C15H15BrN2OS/c1-10-6-7-12(17)14(8-10)20-9-15(19)18-13-5-3-2-4-11(13)16/h2-8H,9,17H2,1H3,(H,18,19). The van der Waals surface area contributed by atoms with Gasteiger partial charge in [0.1, 0.15) is 0 Å². The predicted octanol–water partition coefficient (Wildman–Crippen LogP) is 4.07. The molecule has 104 valence electrons. The SMILES string of the molecule is Cc1ccc(N)c(SCC(=O)Nc2ccccc2Br)c1. The molecule has 0 heterocycles. The quantitative estimate of drug-likeness (QED) is 0.645. The lowest BCUT2D eigenvalue weighted by molar-refractivity contribution is -0.113. The highest BCUT2D eigenvalue weighted by molar-refractivity contribution is 9.10. The summed E-state index contributed by atoms with van der Waals surface area (Å²) in [6.45, 7) is 2.00. The number of nitrogen functional groups attached to an aromatic ring is 1. The normalized spacial score (nSPS) is 10.3. The smallest absolute Gasteiger partial charge is 0.234 e. The van der Waals surface area contributed by atoms with E-state index in [1.165, 1.54) is 11.8 Å². The van der Waals surface area contributed by atoms with Crippen LogP contribution in [-0.2, 0) is 4.79 Å². The number of aryl methyl sites for hydroxylation is 1. The molecule has 5 heteroatoms. The van der Waals surface area contributed by atoms with Gasteiger partial charge < -0.3 is 11.1 Å². The lowest BCUT2D eigenvalue weighted by Crippen LogP contribution is -2.14. The van der Waals surface area contributed by atoms with Crippen molar-refractivity contribution in [3.8, 4) is 0 Å². The fraction of sp³-hybridized carbons (Fsp3) is 0.133. The molecule has 0 aromatic heterocycles. The molecule has 0 atom stereocenters. The van der Waals surface area contributed by atoms with Gasteiger partial charge in [-0.1, -0.05) is 18.2 Å². The minimum absolute atomic E-state index is 0.0530. The molecule has 2 aromatic carbocycles. The molecule has 0 saturated carbocycles. The molecule has 0 aliphatic carbocycles. The fourth-order valence-electron chi connectivity index (χ4n) is 1.66. The molecular weight excluding hydrogens is 336 g/mol. The average Bonchev–Trinajstić information content (AvgIpc) is 2.42. The summed E-state index contributed by atoms with van der Waals surface area (Å²) in [6.07, 6.45) is 0. The Morgan fingerprint density at radius 3 is 2.80 bits per heavy atom. The number of amides is 1. The van der Waals surface area contributed by atoms with Crippen molar-refractivity contribution in [2.24, 2.45) is 0 Å². The van der Waals surface area contributed by atoms with Crippen LogP contribution in [0.25, 0.3) is 0 Å². The Balaban J connectivity index is 1.96. The number of para-hydroxylation sites is 1. The van der Waals surface area contributed by atoms with Gasteiger partial charge in [0.2, 0.25) is 5.91 Å². The molecule has 3 N–H and O–H groups in total. The van der Waals surface area contributed by atoms with Gasteiger partial charge in [-0.3, -0.25) is 4.79 Å². The number of carbonyl (C=O) groups excluding carboxylic acids is 1. The summed E-state index contributed by atoms with van der Waals surface area (Å²) in [5.41, 5.74) is 8.50. The zero-order chi connectivity index (χ0) is 14.5. The maximum atomic E-state index is 11.9. The Kier molecular flexibility index (Phi) is 5.09. The van der Waals surface area contributed by atoms with E-state index in [0.29, 0.717) is 11.4 Å². The number of benzene rings is 2. The van der Waals surface area contributed by atoms with Gasteiger partial charge in [0.25, 0.3) is 0 Å². The molecule has 0 spiro atoms. The van der Waals surface area contributed by atoms with Crippen LogP contribution in [0.1, 0.15) is 5.56 Å². The Morgan fingerprint density at radius 2 is 2.05 bits per heavy atom. The number of hydrogen-bond donors (Lipinski definition) is 2. The zero-order valence-electron chi connectivity index (χ0n) is 11.0. The van der Waals surface area contributed by atoms with E-state index in [9.17, 15) is 4.79 Å². The van der Waals surface area contributed by atoms with E-state index >= 15 is 0 Å².